The summed E-state index contributed by atoms with van der Waals surface area (Å²) in [5.41, 5.74) is 6.61. The number of anilines is 1. The van der Waals surface area contributed by atoms with E-state index >= 15 is 0 Å². The van der Waals surface area contributed by atoms with Gasteiger partial charge in [0.1, 0.15) is 0 Å². The highest BCUT2D eigenvalue weighted by atomic mass is 35.5. The molecule has 3 aromatic rings. The minimum absolute atomic E-state index is 0. The van der Waals surface area contributed by atoms with Crippen LogP contribution in [0.15, 0.2) is 48.7 Å². The molecule has 27 heavy (non-hydrogen) atoms. The van der Waals surface area contributed by atoms with Crippen molar-refractivity contribution < 1.29 is 0 Å². The summed E-state index contributed by atoms with van der Waals surface area (Å²) in [5.74, 6) is 0. The number of hydrogen-bond acceptors (Lipinski definition) is 2. The molecule has 1 fully saturated rings. The second-order valence-corrected chi connectivity index (χ2v) is 7.69. The minimum atomic E-state index is 0. The molecule has 2 nitrogen and oxygen atoms in total. The first kappa shape index (κ1) is 19.7. The zero-order valence-electron chi connectivity index (χ0n) is 16.4. The Hall–Kier alpha value is -2.06. The number of hydrogen-bond donors (Lipinski definition) is 0. The Morgan fingerprint density at radius 3 is 2.41 bits per heavy atom. The molecule has 0 radical (unpaired) electrons. The number of piperidine rings is 1. The van der Waals surface area contributed by atoms with Crippen molar-refractivity contribution in [2.75, 3.05) is 18.0 Å². The van der Waals surface area contributed by atoms with E-state index in [1.165, 1.54) is 71.2 Å². The SMILES string of the molecule is Cc1ccc2cc(CCc3cc(N4CCCCC4)c(C)cn3)ccc2c1.Cl. The van der Waals surface area contributed by atoms with Crippen molar-refractivity contribution in [2.45, 2.75) is 46.0 Å². The van der Waals surface area contributed by atoms with Crippen molar-refractivity contribution in [1.82, 2.24) is 4.98 Å². The maximum Gasteiger partial charge on any atom is 0.0429 e. The van der Waals surface area contributed by atoms with Crippen LogP contribution in [0, 0.1) is 13.8 Å². The van der Waals surface area contributed by atoms with Crippen LogP contribution in [0.3, 0.4) is 0 Å². The molecule has 0 atom stereocenters. The van der Waals surface area contributed by atoms with Crippen LogP contribution in [-0.4, -0.2) is 18.1 Å². The van der Waals surface area contributed by atoms with Gasteiger partial charge in [-0.05, 0) is 73.9 Å². The second kappa shape index (κ2) is 8.75. The zero-order chi connectivity index (χ0) is 17.9. The number of halogens is 1. The molecular weight excluding hydrogens is 352 g/mol. The summed E-state index contributed by atoms with van der Waals surface area (Å²) < 4.78 is 0. The molecule has 0 spiro atoms. The fraction of sp³-hybridized carbons (Fsp3) is 0.375. The van der Waals surface area contributed by atoms with Gasteiger partial charge in [-0.15, -0.1) is 12.4 Å². The van der Waals surface area contributed by atoms with E-state index in [1.807, 2.05) is 0 Å². The topological polar surface area (TPSA) is 16.1 Å². The molecule has 0 unspecified atom stereocenters. The fourth-order valence-electron chi connectivity index (χ4n) is 4.01. The van der Waals surface area contributed by atoms with E-state index < -0.39 is 0 Å². The summed E-state index contributed by atoms with van der Waals surface area (Å²) >= 11 is 0. The molecule has 0 aliphatic carbocycles. The fourth-order valence-corrected chi connectivity index (χ4v) is 4.01. The Morgan fingerprint density at radius 1 is 0.852 bits per heavy atom. The van der Waals surface area contributed by atoms with Crippen LogP contribution in [0.1, 0.15) is 41.6 Å². The average molecular weight is 381 g/mol. The highest BCUT2D eigenvalue weighted by molar-refractivity contribution is 5.85. The third kappa shape index (κ3) is 4.62. The first-order valence-corrected chi connectivity index (χ1v) is 9.89. The van der Waals surface area contributed by atoms with E-state index in [-0.39, 0.29) is 12.4 Å². The molecular formula is C24H29ClN2. The van der Waals surface area contributed by atoms with Crippen LogP contribution >= 0.6 is 12.4 Å². The normalized spacial score (nSPS) is 14.2. The van der Waals surface area contributed by atoms with E-state index in [0.717, 1.165) is 12.8 Å². The van der Waals surface area contributed by atoms with Crippen molar-refractivity contribution >= 4 is 28.9 Å². The van der Waals surface area contributed by atoms with E-state index in [1.54, 1.807) is 0 Å². The van der Waals surface area contributed by atoms with Crippen molar-refractivity contribution in [3.63, 3.8) is 0 Å². The number of aromatic nitrogens is 1. The molecule has 1 aliphatic heterocycles. The number of nitrogens with zero attached hydrogens (tertiary/aromatic N) is 2. The molecule has 1 aliphatic rings. The van der Waals surface area contributed by atoms with Gasteiger partial charge < -0.3 is 4.90 Å². The molecule has 2 aromatic carbocycles. The van der Waals surface area contributed by atoms with Gasteiger partial charge >= 0.3 is 0 Å². The molecule has 142 valence electrons. The first-order chi connectivity index (χ1) is 12.7. The standard InChI is InChI=1S/C24H28N2.ClH/c1-18-6-9-22-15-20(7-10-21(22)14-18)8-11-23-16-24(19(2)17-25-23)26-12-4-3-5-13-26;/h6-7,9-10,14-17H,3-5,8,11-13H2,1-2H3;1H. The van der Waals surface area contributed by atoms with Gasteiger partial charge in [0.25, 0.3) is 0 Å². The summed E-state index contributed by atoms with van der Waals surface area (Å²) in [4.78, 5) is 7.24. The molecule has 1 saturated heterocycles. The maximum absolute atomic E-state index is 4.70. The van der Waals surface area contributed by atoms with Crippen molar-refractivity contribution in [1.29, 1.82) is 0 Å². The van der Waals surface area contributed by atoms with E-state index in [0.29, 0.717) is 0 Å². The summed E-state index contributed by atoms with van der Waals surface area (Å²) in [6, 6.07) is 15.8. The van der Waals surface area contributed by atoms with Crippen molar-refractivity contribution in [3.05, 3.63) is 71.0 Å². The monoisotopic (exact) mass is 380 g/mol. The van der Waals surface area contributed by atoms with Crippen LogP contribution in [0.4, 0.5) is 5.69 Å². The summed E-state index contributed by atoms with van der Waals surface area (Å²) in [5, 5.41) is 2.66. The molecule has 3 heteroatoms. The highest BCUT2D eigenvalue weighted by Gasteiger charge is 2.14. The van der Waals surface area contributed by atoms with Gasteiger partial charge in [0.05, 0.1) is 0 Å². The largest absolute Gasteiger partial charge is 0.371 e. The predicted molar refractivity (Wildman–Crippen MR) is 118 cm³/mol. The molecule has 2 heterocycles. The molecule has 0 bridgehead atoms. The van der Waals surface area contributed by atoms with Gasteiger partial charge in [-0.2, -0.15) is 0 Å². The molecule has 4 rings (SSSR count). The number of aryl methyl sites for hydroxylation is 4. The van der Waals surface area contributed by atoms with Crippen LogP contribution in [0.25, 0.3) is 10.8 Å². The van der Waals surface area contributed by atoms with Crippen LogP contribution in [0.2, 0.25) is 0 Å². The third-order valence-electron chi connectivity index (χ3n) is 5.56. The number of benzene rings is 2. The Kier molecular flexibility index (Phi) is 6.38. The quantitative estimate of drug-likeness (QED) is 0.547. The number of rotatable bonds is 4. The van der Waals surface area contributed by atoms with Gasteiger partial charge in [0.2, 0.25) is 0 Å². The van der Waals surface area contributed by atoms with Crippen LogP contribution in [0.5, 0.6) is 0 Å². The van der Waals surface area contributed by atoms with E-state index in [4.69, 9.17) is 4.98 Å². The van der Waals surface area contributed by atoms with E-state index in [9.17, 15) is 0 Å². The molecule has 0 saturated carbocycles. The highest BCUT2D eigenvalue weighted by Crippen LogP contribution is 2.25. The van der Waals surface area contributed by atoms with Gasteiger partial charge in [0, 0.05) is 30.7 Å². The third-order valence-corrected chi connectivity index (χ3v) is 5.56. The van der Waals surface area contributed by atoms with Gasteiger partial charge in [0.15, 0.2) is 0 Å². The summed E-state index contributed by atoms with van der Waals surface area (Å²) in [6.07, 6.45) is 8.09. The van der Waals surface area contributed by atoms with Crippen LogP contribution < -0.4 is 4.90 Å². The van der Waals surface area contributed by atoms with Gasteiger partial charge in [-0.3, -0.25) is 4.98 Å². The Bertz CT molecular complexity index is 913. The number of fused-ring (bicyclic) bond motifs is 1. The smallest absolute Gasteiger partial charge is 0.0429 e. The Balaban J connectivity index is 0.00000210. The first-order valence-electron chi connectivity index (χ1n) is 9.89. The summed E-state index contributed by atoms with van der Waals surface area (Å²) in [7, 11) is 0. The molecule has 0 N–H and O–H groups in total. The van der Waals surface area contributed by atoms with Gasteiger partial charge in [-0.25, -0.2) is 0 Å². The minimum Gasteiger partial charge on any atom is -0.371 e. The molecule has 1 aromatic heterocycles. The van der Waals surface area contributed by atoms with Crippen molar-refractivity contribution in [3.8, 4) is 0 Å². The maximum atomic E-state index is 4.70. The molecule has 0 amide bonds. The lowest BCUT2D eigenvalue weighted by molar-refractivity contribution is 0.576. The number of pyridine rings is 1. The Morgan fingerprint density at radius 2 is 1.59 bits per heavy atom. The Labute approximate surface area is 169 Å². The van der Waals surface area contributed by atoms with Crippen LogP contribution in [-0.2, 0) is 12.8 Å². The average Bonchev–Trinajstić information content (AvgIpc) is 2.68. The lowest BCUT2D eigenvalue weighted by Gasteiger charge is -2.30. The summed E-state index contributed by atoms with van der Waals surface area (Å²) in [6.45, 7) is 6.71. The van der Waals surface area contributed by atoms with Crippen molar-refractivity contribution in [2.24, 2.45) is 0 Å². The second-order valence-electron chi connectivity index (χ2n) is 7.69. The lowest BCUT2D eigenvalue weighted by atomic mass is 10.0. The predicted octanol–water partition coefficient (Wildman–Crippen LogP) is 6.05. The van der Waals surface area contributed by atoms with Gasteiger partial charge in [-0.1, -0.05) is 42.0 Å². The zero-order valence-corrected chi connectivity index (χ0v) is 17.2. The lowest BCUT2D eigenvalue weighted by Crippen LogP contribution is -2.30. The van der Waals surface area contributed by atoms with E-state index in [2.05, 4.69) is 67.4 Å².